The number of carboxylic acids is 1. The minimum Gasteiger partial charge on any atom is -0.545 e. The number of hydrogen-bond acceptors (Lipinski definition) is 4. The van der Waals surface area contributed by atoms with E-state index in [2.05, 4.69) is 26.1 Å². The molecule has 2 aromatic rings. The number of amides is 1. The zero-order valence-electron chi connectivity index (χ0n) is 14.7. The number of para-hydroxylation sites is 1. The van der Waals surface area contributed by atoms with Crippen molar-refractivity contribution in [3.8, 4) is 5.75 Å². The summed E-state index contributed by atoms with van der Waals surface area (Å²) in [6, 6.07) is 13.7. The molecule has 5 heteroatoms. The molecule has 2 aromatic carbocycles. The maximum atomic E-state index is 12.0. The summed E-state index contributed by atoms with van der Waals surface area (Å²) < 4.78 is 5.47. The van der Waals surface area contributed by atoms with Crippen LogP contribution < -0.4 is 15.2 Å². The van der Waals surface area contributed by atoms with Gasteiger partial charge in [-0.25, -0.2) is 0 Å². The lowest BCUT2D eigenvalue weighted by molar-refractivity contribution is -0.254. The Morgan fingerprint density at radius 2 is 1.72 bits per heavy atom. The molecule has 1 N–H and O–H groups in total. The Balaban J connectivity index is 1.96. The first-order valence-electron chi connectivity index (χ1n) is 8.17. The van der Waals surface area contributed by atoms with E-state index in [4.69, 9.17) is 4.74 Å². The summed E-state index contributed by atoms with van der Waals surface area (Å²) in [6.45, 7) is 6.27. The Bertz CT molecular complexity index is 751. The van der Waals surface area contributed by atoms with Gasteiger partial charge in [-0.3, -0.25) is 4.79 Å². The van der Waals surface area contributed by atoms with Crippen molar-refractivity contribution in [2.45, 2.75) is 32.6 Å². The molecule has 0 radical (unpaired) electrons. The largest absolute Gasteiger partial charge is 0.545 e. The van der Waals surface area contributed by atoms with E-state index in [-0.39, 0.29) is 23.3 Å². The van der Waals surface area contributed by atoms with E-state index in [1.165, 1.54) is 17.7 Å². The molecule has 132 valence electrons. The third kappa shape index (κ3) is 4.83. The molecule has 5 nitrogen and oxygen atoms in total. The minimum atomic E-state index is -1.34. The second kappa shape index (κ2) is 7.83. The van der Waals surface area contributed by atoms with E-state index < -0.39 is 11.9 Å². The molecule has 25 heavy (non-hydrogen) atoms. The highest BCUT2D eigenvalue weighted by Crippen LogP contribution is 2.28. The van der Waals surface area contributed by atoms with Gasteiger partial charge in [0.05, 0.1) is 5.97 Å². The fourth-order valence-electron chi connectivity index (χ4n) is 2.31. The molecule has 2 rings (SSSR count). The summed E-state index contributed by atoms with van der Waals surface area (Å²) in [5.74, 6) is -1.20. The highest BCUT2D eigenvalue weighted by Gasteiger charge is 2.17. The first kappa shape index (κ1) is 18.5. The lowest BCUT2D eigenvalue weighted by atomic mass is 9.82. The number of anilines is 1. The lowest BCUT2D eigenvalue weighted by Crippen LogP contribution is -2.26. The van der Waals surface area contributed by atoms with E-state index in [0.717, 1.165) is 6.42 Å². The van der Waals surface area contributed by atoms with Gasteiger partial charge in [0.2, 0.25) is 0 Å². The van der Waals surface area contributed by atoms with Gasteiger partial charge in [0.1, 0.15) is 5.75 Å². The summed E-state index contributed by atoms with van der Waals surface area (Å²) in [7, 11) is 0. The lowest BCUT2D eigenvalue weighted by Gasteiger charge is -2.23. The molecule has 0 aromatic heterocycles. The van der Waals surface area contributed by atoms with Crippen LogP contribution in [0.5, 0.6) is 5.75 Å². The number of aromatic carboxylic acids is 1. The van der Waals surface area contributed by atoms with E-state index >= 15 is 0 Å². The quantitative estimate of drug-likeness (QED) is 0.840. The number of carbonyl (C=O) groups excluding carboxylic acids is 2. The van der Waals surface area contributed by atoms with E-state index in [1.807, 2.05) is 24.3 Å². The molecular weight excluding hydrogens is 318 g/mol. The van der Waals surface area contributed by atoms with Crippen LogP contribution in [0.25, 0.3) is 0 Å². The van der Waals surface area contributed by atoms with Gasteiger partial charge in [0.25, 0.3) is 5.91 Å². The number of benzene rings is 2. The van der Waals surface area contributed by atoms with Gasteiger partial charge in [-0.15, -0.1) is 0 Å². The Kier molecular flexibility index (Phi) is 5.80. The van der Waals surface area contributed by atoms with Crippen LogP contribution in [0.2, 0.25) is 0 Å². The van der Waals surface area contributed by atoms with E-state index in [9.17, 15) is 14.7 Å². The average Bonchev–Trinajstić information content (AvgIpc) is 2.60. The van der Waals surface area contributed by atoms with Gasteiger partial charge < -0.3 is 20.0 Å². The normalized spacial score (nSPS) is 11.0. The van der Waals surface area contributed by atoms with Crippen LogP contribution in [0.15, 0.2) is 48.5 Å². The number of hydrogen-bond donors (Lipinski definition) is 1. The Labute approximate surface area is 147 Å². The highest BCUT2D eigenvalue weighted by atomic mass is 16.5. The SMILES string of the molecule is CCC(C)(C)c1ccc(OCC(=O)Nc2ccccc2C(=O)[O-])cc1. The standard InChI is InChI=1S/C20H23NO4/c1-4-20(2,3)14-9-11-15(12-10-14)25-13-18(22)21-17-8-6-5-7-16(17)19(23)24/h5-12H,4,13H2,1-3H3,(H,21,22)(H,23,24)/p-1. The zero-order chi connectivity index (χ0) is 18.4. The minimum absolute atomic E-state index is 0.0676. The molecule has 0 heterocycles. The molecule has 0 saturated heterocycles. The molecule has 0 aliphatic heterocycles. The Morgan fingerprint density at radius 3 is 2.32 bits per heavy atom. The molecule has 0 bridgehead atoms. The molecular formula is C20H22NO4-. The van der Waals surface area contributed by atoms with Crippen molar-refractivity contribution in [1.82, 2.24) is 0 Å². The molecule has 0 aliphatic carbocycles. The van der Waals surface area contributed by atoms with Gasteiger partial charge in [-0.1, -0.05) is 51.1 Å². The molecule has 0 atom stereocenters. The highest BCUT2D eigenvalue weighted by molar-refractivity contribution is 6.00. The van der Waals surface area contributed by atoms with Gasteiger partial charge in [-0.05, 0) is 35.6 Å². The fourth-order valence-corrected chi connectivity index (χ4v) is 2.31. The van der Waals surface area contributed by atoms with Crippen LogP contribution in [0.4, 0.5) is 5.69 Å². The van der Waals surface area contributed by atoms with Crippen molar-refractivity contribution >= 4 is 17.6 Å². The first-order valence-corrected chi connectivity index (χ1v) is 8.17. The van der Waals surface area contributed by atoms with Crippen molar-refractivity contribution in [3.63, 3.8) is 0 Å². The monoisotopic (exact) mass is 340 g/mol. The fraction of sp³-hybridized carbons (Fsp3) is 0.300. The van der Waals surface area contributed by atoms with Crippen LogP contribution in [0.3, 0.4) is 0 Å². The number of nitrogens with one attached hydrogen (secondary N) is 1. The van der Waals surface area contributed by atoms with Crippen molar-refractivity contribution in [1.29, 1.82) is 0 Å². The average molecular weight is 340 g/mol. The second-order valence-corrected chi connectivity index (χ2v) is 6.43. The Morgan fingerprint density at radius 1 is 1.08 bits per heavy atom. The smallest absolute Gasteiger partial charge is 0.262 e. The van der Waals surface area contributed by atoms with Crippen LogP contribution in [-0.4, -0.2) is 18.5 Å². The molecule has 0 spiro atoms. The van der Waals surface area contributed by atoms with Crippen LogP contribution in [-0.2, 0) is 10.2 Å². The third-order valence-electron chi connectivity index (χ3n) is 4.31. The summed E-state index contributed by atoms with van der Waals surface area (Å²) in [5.41, 5.74) is 1.41. The topological polar surface area (TPSA) is 78.5 Å². The molecule has 0 saturated carbocycles. The number of rotatable bonds is 7. The van der Waals surface area contributed by atoms with Crippen LogP contribution in [0, 0.1) is 0 Å². The maximum Gasteiger partial charge on any atom is 0.262 e. The molecule has 0 fully saturated rings. The van der Waals surface area contributed by atoms with Crippen LogP contribution >= 0.6 is 0 Å². The second-order valence-electron chi connectivity index (χ2n) is 6.43. The number of carboxylic acid groups (broad SMARTS) is 1. The summed E-state index contributed by atoms with van der Waals surface area (Å²) >= 11 is 0. The van der Waals surface area contributed by atoms with E-state index in [0.29, 0.717) is 5.75 Å². The molecule has 1 amide bonds. The summed E-state index contributed by atoms with van der Waals surface area (Å²) in [6.07, 6.45) is 1.02. The summed E-state index contributed by atoms with van der Waals surface area (Å²) in [4.78, 5) is 23.0. The molecule has 0 aliphatic rings. The van der Waals surface area contributed by atoms with Gasteiger partial charge >= 0.3 is 0 Å². The van der Waals surface area contributed by atoms with E-state index in [1.54, 1.807) is 12.1 Å². The summed E-state index contributed by atoms with van der Waals surface area (Å²) in [5, 5.41) is 13.5. The predicted molar refractivity (Wildman–Crippen MR) is 94.7 cm³/mol. The molecule has 0 unspecified atom stereocenters. The van der Waals surface area contributed by atoms with Gasteiger partial charge in [-0.2, -0.15) is 0 Å². The first-order chi connectivity index (χ1) is 11.8. The van der Waals surface area contributed by atoms with Crippen molar-refractivity contribution in [3.05, 3.63) is 59.7 Å². The van der Waals surface area contributed by atoms with Crippen molar-refractivity contribution in [2.75, 3.05) is 11.9 Å². The van der Waals surface area contributed by atoms with Gasteiger partial charge in [0.15, 0.2) is 6.61 Å². The van der Waals surface area contributed by atoms with Gasteiger partial charge in [0, 0.05) is 11.3 Å². The van der Waals surface area contributed by atoms with Crippen molar-refractivity contribution < 1.29 is 19.4 Å². The number of carbonyl (C=O) groups is 2. The Hall–Kier alpha value is -2.82. The van der Waals surface area contributed by atoms with Crippen LogP contribution in [0.1, 0.15) is 43.1 Å². The third-order valence-corrected chi connectivity index (χ3v) is 4.31. The predicted octanol–water partition coefficient (Wildman–Crippen LogP) is 2.76. The maximum absolute atomic E-state index is 12.0. The zero-order valence-corrected chi connectivity index (χ0v) is 14.7. The number of ether oxygens (including phenoxy) is 1. The van der Waals surface area contributed by atoms with Crippen molar-refractivity contribution in [2.24, 2.45) is 0 Å².